The highest BCUT2D eigenvalue weighted by Crippen LogP contribution is 2.45. The third-order valence-electron chi connectivity index (χ3n) is 4.42. The molecule has 116 valence electrons. The molecule has 0 unspecified atom stereocenters. The monoisotopic (exact) mass is 290 g/mol. The first-order valence-electron chi connectivity index (χ1n) is 7.54. The number of hydrogen-bond acceptors (Lipinski definition) is 3. The second-order valence-corrected chi connectivity index (χ2v) is 7.45. The molecule has 4 N–H and O–H groups in total. The van der Waals surface area contributed by atoms with E-state index in [1.54, 1.807) is 18.2 Å². The second-order valence-electron chi connectivity index (χ2n) is 7.45. The van der Waals surface area contributed by atoms with Crippen molar-refractivity contribution in [2.24, 2.45) is 16.6 Å². The first-order chi connectivity index (χ1) is 9.75. The number of nitrogens with one attached hydrogen (secondary N) is 1. The number of para-hydroxylation sites is 1. The zero-order valence-electron chi connectivity index (χ0n) is 13.1. The number of hydrogen-bond donors (Lipinski definition) is 3. The number of carbonyl (C=O) groups excluding carboxylic acids is 1. The molecule has 21 heavy (non-hydrogen) atoms. The number of aromatic hydroxyl groups is 1. The zero-order valence-corrected chi connectivity index (χ0v) is 13.1. The van der Waals surface area contributed by atoms with Gasteiger partial charge in [0.2, 0.25) is 0 Å². The summed E-state index contributed by atoms with van der Waals surface area (Å²) in [6, 6.07) is 6.73. The quantitative estimate of drug-likeness (QED) is 0.801. The van der Waals surface area contributed by atoms with Crippen molar-refractivity contribution in [2.45, 2.75) is 46.1 Å². The van der Waals surface area contributed by atoms with Gasteiger partial charge in [-0.05, 0) is 48.8 Å². The van der Waals surface area contributed by atoms with E-state index in [2.05, 4.69) is 26.1 Å². The van der Waals surface area contributed by atoms with Gasteiger partial charge in [0.25, 0.3) is 5.91 Å². The Balaban J connectivity index is 2.12. The normalized spacial score (nSPS) is 28.1. The van der Waals surface area contributed by atoms with Crippen LogP contribution in [0.5, 0.6) is 5.75 Å². The van der Waals surface area contributed by atoms with Gasteiger partial charge in [-0.3, -0.25) is 4.79 Å². The Kier molecular flexibility index (Phi) is 4.28. The Labute approximate surface area is 126 Å². The van der Waals surface area contributed by atoms with Crippen molar-refractivity contribution in [1.82, 2.24) is 5.32 Å². The zero-order chi connectivity index (χ0) is 15.7. The molecule has 1 amide bonds. The van der Waals surface area contributed by atoms with Crippen molar-refractivity contribution >= 4 is 5.91 Å². The van der Waals surface area contributed by atoms with Gasteiger partial charge in [-0.15, -0.1) is 0 Å². The highest BCUT2D eigenvalue weighted by atomic mass is 16.3. The van der Waals surface area contributed by atoms with Crippen molar-refractivity contribution in [3.05, 3.63) is 29.8 Å². The molecule has 0 aliphatic heterocycles. The summed E-state index contributed by atoms with van der Waals surface area (Å²) in [5, 5.41) is 12.8. The average Bonchev–Trinajstić information content (AvgIpc) is 2.36. The van der Waals surface area contributed by atoms with Gasteiger partial charge in [0.1, 0.15) is 5.75 Å². The number of amides is 1. The van der Waals surface area contributed by atoms with E-state index >= 15 is 0 Å². The van der Waals surface area contributed by atoms with Gasteiger partial charge in [0, 0.05) is 6.04 Å². The predicted molar refractivity (Wildman–Crippen MR) is 84.2 cm³/mol. The molecule has 2 atom stereocenters. The number of nitrogens with two attached hydrogens (primary N) is 1. The van der Waals surface area contributed by atoms with E-state index in [1.165, 1.54) is 6.07 Å². The summed E-state index contributed by atoms with van der Waals surface area (Å²) in [6.45, 7) is 7.25. The van der Waals surface area contributed by atoms with E-state index in [1.807, 2.05) is 0 Å². The van der Waals surface area contributed by atoms with Gasteiger partial charge in [-0.1, -0.05) is 32.9 Å². The van der Waals surface area contributed by atoms with E-state index in [0.717, 1.165) is 19.3 Å². The molecule has 1 aromatic carbocycles. The summed E-state index contributed by atoms with van der Waals surface area (Å²) in [5.74, 6) is -0.193. The minimum atomic E-state index is -0.213. The van der Waals surface area contributed by atoms with Gasteiger partial charge < -0.3 is 16.2 Å². The molecule has 0 saturated heterocycles. The van der Waals surface area contributed by atoms with Crippen molar-refractivity contribution in [3.63, 3.8) is 0 Å². The van der Waals surface area contributed by atoms with E-state index in [9.17, 15) is 9.90 Å². The van der Waals surface area contributed by atoms with E-state index in [0.29, 0.717) is 12.1 Å². The van der Waals surface area contributed by atoms with E-state index in [4.69, 9.17) is 5.73 Å². The van der Waals surface area contributed by atoms with Gasteiger partial charge in [0.05, 0.1) is 5.56 Å². The Morgan fingerprint density at radius 2 is 2.00 bits per heavy atom. The van der Waals surface area contributed by atoms with Crippen LogP contribution in [0.4, 0.5) is 0 Å². The molecule has 1 fully saturated rings. The highest BCUT2D eigenvalue weighted by Gasteiger charge is 2.41. The molecular weight excluding hydrogens is 264 g/mol. The lowest BCUT2D eigenvalue weighted by atomic mass is 9.62. The lowest BCUT2D eigenvalue weighted by Gasteiger charge is -2.46. The topological polar surface area (TPSA) is 75.3 Å². The van der Waals surface area contributed by atoms with Crippen LogP contribution in [-0.2, 0) is 0 Å². The van der Waals surface area contributed by atoms with Gasteiger partial charge in [-0.25, -0.2) is 0 Å². The molecule has 0 aromatic heterocycles. The molecule has 1 aliphatic rings. The fourth-order valence-corrected chi connectivity index (χ4v) is 3.82. The number of rotatable bonds is 3. The SMILES string of the molecule is CC1(C)C[C@H](NC(=O)c2ccccc2O)C[C@@](C)(CN)C1. The maximum atomic E-state index is 12.3. The van der Waals surface area contributed by atoms with Crippen LogP contribution in [0.15, 0.2) is 24.3 Å². The molecule has 2 rings (SSSR count). The standard InChI is InChI=1S/C17H26N2O2/c1-16(2)8-12(9-17(3,10-16)11-18)19-15(21)13-6-4-5-7-14(13)20/h4-7,12,20H,8-11,18H2,1-3H3,(H,19,21)/t12-,17+/m0/s1. The Morgan fingerprint density at radius 1 is 1.33 bits per heavy atom. The second kappa shape index (κ2) is 5.68. The van der Waals surface area contributed by atoms with Crippen molar-refractivity contribution < 1.29 is 9.90 Å². The molecule has 4 nitrogen and oxygen atoms in total. The summed E-state index contributed by atoms with van der Waals surface area (Å²) in [7, 11) is 0. The Morgan fingerprint density at radius 3 is 2.62 bits per heavy atom. The summed E-state index contributed by atoms with van der Waals surface area (Å²) < 4.78 is 0. The molecule has 1 aromatic rings. The van der Waals surface area contributed by atoms with Gasteiger partial charge in [0.15, 0.2) is 0 Å². The van der Waals surface area contributed by atoms with Crippen LogP contribution in [0.1, 0.15) is 50.4 Å². The summed E-state index contributed by atoms with van der Waals surface area (Å²) in [4.78, 5) is 12.3. The summed E-state index contributed by atoms with van der Waals surface area (Å²) in [5.41, 5.74) is 6.47. The first-order valence-corrected chi connectivity index (χ1v) is 7.54. The first kappa shape index (κ1) is 15.8. The molecule has 0 bridgehead atoms. The predicted octanol–water partition coefficient (Wildman–Crippen LogP) is 2.67. The maximum absolute atomic E-state index is 12.3. The van der Waals surface area contributed by atoms with Crippen molar-refractivity contribution in [1.29, 1.82) is 0 Å². The largest absolute Gasteiger partial charge is 0.507 e. The Hall–Kier alpha value is -1.55. The molecule has 0 radical (unpaired) electrons. The molecule has 4 heteroatoms. The van der Waals surface area contributed by atoms with E-state index < -0.39 is 0 Å². The number of phenols is 1. The van der Waals surface area contributed by atoms with Crippen molar-refractivity contribution in [3.8, 4) is 5.75 Å². The maximum Gasteiger partial charge on any atom is 0.255 e. The summed E-state index contributed by atoms with van der Waals surface area (Å²) in [6.07, 6.45) is 2.88. The van der Waals surface area contributed by atoms with Crippen LogP contribution in [0.2, 0.25) is 0 Å². The van der Waals surface area contributed by atoms with Crippen molar-refractivity contribution in [2.75, 3.05) is 6.54 Å². The van der Waals surface area contributed by atoms with Crippen LogP contribution in [-0.4, -0.2) is 23.6 Å². The number of carbonyl (C=O) groups is 1. The molecule has 1 saturated carbocycles. The van der Waals surface area contributed by atoms with Crippen LogP contribution >= 0.6 is 0 Å². The van der Waals surface area contributed by atoms with Crippen LogP contribution in [0, 0.1) is 10.8 Å². The minimum Gasteiger partial charge on any atom is -0.507 e. The number of benzene rings is 1. The van der Waals surface area contributed by atoms with Crippen LogP contribution in [0.3, 0.4) is 0 Å². The molecule has 1 aliphatic carbocycles. The molecular formula is C17H26N2O2. The summed E-state index contributed by atoms with van der Waals surface area (Å²) >= 11 is 0. The Bertz CT molecular complexity index is 527. The number of phenolic OH excluding ortho intramolecular Hbond substituents is 1. The van der Waals surface area contributed by atoms with Crippen LogP contribution in [0.25, 0.3) is 0 Å². The fraction of sp³-hybridized carbons (Fsp3) is 0.588. The highest BCUT2D eigenvalue weighted by molar-refractivity contribution is 5.96. The molecule has 0 heterocycles. The third kappa shape index (κ3) is 3.76. The average molecular weight is 290 g/mol. The van der Waals surface area contributed by atoms with E-state index in [-0.39, 0.29) is 28.5 Å². The van der Waals surface area contributed by atoms with Gasteiger partial charge >= 0.3 is 0 Å². The lowest BCUT2D eigenvalue weighted by molar-refractivity contribution is 0.0668. The third-order valence-corrected chi connectivity index (χ3v) is 4.42. The molecule has 0 spiro atoms. The van der Waals surface area contributed by atoms with Gasteiger partial charge in [-0.2, -0.15) is 0 Å². The minimum absolute atomic E-state index is 0.0201. The fourth-order valence-electron chi connectivity index (χ4n) is 3.82. The lowest BCUT2D eigenvalue weighted by Crippen LogP contribution is -2.49. The smallest absolute Gasteiger partial charge is 0.255 e. The van der Waals surface area contributed by atoms with Crippen LogP contribution < -0.4 is 11.1 Å².